The van der Waals surface area contributed by atoms with E-state index in [9.17, 15) is 4.39 Å². The second kappa shape index (κ2) is 3.47. The summed E-state index contributed by atoms with van der Waals surface area (Å²) in [5.41, 5.74) is 6.13. The summed E-state index contributed by atoms with van der Waals surface area (Å²) in [5.74, 6) is -0.330. The van der Waals surface area contributed by atoms with Crippen LogP contribution in [0.15, 0.2) is 16.6 Å². The quantitative estimate of drug-likeness (QED) is 0.826. The summed E-state index contributed by atoms with van der Waals surface area (Å²) >= 11 is 9.08. The van der Waals surface area contributed by atoms with E-state index in [1.165, 1.54) is 0 Å². The number of hydrogen-bond donors (Lipinski definition) is 1. The van der Waals surface area contributed by atoms with Crippen molar-refractivity contribution in [2.24, 2.45) is 5.73 Å². The summed E-state index contributed by atoms with van der Waals surface area (Å²) in [5, 5.41) is 0.169. The standard InChI is InChI=1S/C10H10BrClFN/c11-6-1-2-7(12)9(13)8(6)10(5-14)3-4-10/h1-2H,3-5,14H2. The fourth-order valence-electron chi connectivity index (χ4n) is 1.72. The van der Waals surface area contributed by atoms with Crippen LogP contribution < -0.4 is 5.73 Å². The van der Waals surface area contributed by atoms with Crippen molar-refractivity contribution in [1.82, 2.24) is 0 Å². The van der Waals surface area contributed by atoms with Crippen LogP contribution in [0.3, 0.4) is 0 Å². The van der Waals surface area contributed by atoms with Crippen molar-refractivity contribution in [2.75, 3.05) is 6.54 Å². The highest BCUT2D eigenvalue weighted by Crippen LogP contribution is 2.51. The van der Waals surface area contributed by atoms with E-state index in [-0.39, 0.29) is 16.3 Å². The highest BCUT2D eigenvalue weighted by molar-refractivity contribution is 9.10. The Bertz CT molecular complexity index is 377. The first-order valence-corrected chi connectivity index (χ1v) is 5.62. The zero-order chi connectivity index (χ0) is 10.3. The molecule has 0 amide bonds. The van der Waals surface area contributed by atoms with E-state index in [1.54, 1.807) is 12.1 Å². The third-order valence-corrected chi connectivity index (χ3v) is 3.77. The van der Waals surface area contributed by atoms with Gasteiger partial charge in [-0.05, 0) is 25.0 Å². The fourth-order valence-corrected chi connectivity index (χ4v) is 2.60. The molecular weight excluding hydrogens is 268 g/mol. The molecule has 14 heavy (non-hydrogen) atoms. The van der Waals surface area contributed by atoms with E-state index >= 15 is 0 Å². The summed E-state index contributed by atoms with van der Waals surface area (Å²) in [6, 6.07) is 3.33. The van der Waals surface area contributed by atoms with Crippen molar-refractivity contribution in [2.45, 2.75) is 18.3 Å². The van der Waals surface area contributed by atoms with Crippen molar-refractivity contribution in [3.8, 4) is 0 Å². The van der Waals surface area contributed by atoms with Gasteiger partial charge >= 0.3 is 0 Å². The summed E-state index contributed by atoms with van der Waals surface area (Å²) in [6.07, 6.45) is 1.89. The van der Waals surface area contributed by atoms with Gasteiger partial charge in [-0.25, -0.2) is 4.39 Å². The Morgan fingerprint density at radius 3 is 2.64 bits per heavy atom. The molecule has 76 valence electrons. The Morgan fingerprint density at radius 1 is 1.50 bits per heavy atom. The molecule has 4 heteroatoms. The maximum absolute atomic E-state index is 13.8. The van der Waals surface area contributed by atoms with E-state index < -0.39 is 0 Å². The first-order chi connectivity index (χ1) is 6.60. The van der Waals surface area contributed by atoms with Crippen molar-refractivity contribution in [3.05, 3.63) is 33.0 Å². The van der Waals surface area contributed by atoms with Gasteiger partial charge in [0.05, 0.1) is 5.02 Å². The molecule has 0 heterocycles. The van der Waals surface area contributed by atoms with E-state index in [0.29, 0.717) is 12.1 Å². The molecule has 0 spiro atoms. The second-order valence-corrected chi connectivity index (χ2v) is 4.96. The van der Waals surface area contributed by atoms with Gasteiger partial charge in [-0.3, -0.25) is 0 Å². The molecule has 1 saturated carbocycles. The van der Waals surface area contributed by atoms with Crippen LogP contribution in [-0.4, -0.2) is 6.54 Å². The number of benzene rings is 1. The van der Waals surface area contributed by atoms with Crippen LogP contribution in [0.1, 0.15) is 18.4 Å². The van der Waals surface area contributed by atoms with Gasteiger partial charge in [0.1, 0.15) is 5.82 Å². The third kappa shape index (κ3) is 1.47. The predicted molar refractivity (Wildman–Crippen MR) is 59.1 cm³/mol. The topological polar surface area (TPSA) is 26.0 Å². The van der Waals surface area contributed by atoms with Crippen LogP contribution in [0.2, 0.25) is 5.02 Å². The van der Waals surface area contributed by atoms with Crippen molar-refractivity contribution in [1.29, 1.82) is 0 Å². The zero-order valence-corrected chi connectivity index (χ0v) is 9.83. The van der Waals surface area contributed by atoms with Gasteiger partial charge in [0.15, 0.2) is 0 Å². The molecule has 0 bridgehead atoms. The molecule has 1 nitrogen and oxygen atoms in total. The summed E-state index contributed by atoms with van der Waals surface area (Å²) < 4.78 is 14.5. The molecule has 1 aliphatic carbocycles. The molecule has 1 aromatic carbocycles. The van der Waals surface area contributed by atoms with Crippen molar-refractivity contribution in [3.63, 3.8) is 0 Å². The van der Waals surface area contributed by atoms with Crippen LogP contribution in [-0.2, 0) is 5.41 Å². The largest absolute Gasteiger partial charge is 0.330 e. The van der Waals surface area contributed by atoms with E-state index in [2.05, 4.69) is 15.9 Å². The lowest BCUT2D eigenvalue weighted by Crippen LogP contribution is -2.21. The minimum Gasteiger partial charge on any atom is -0.330 e. The maximum Gasteiger partial charge on any atom is 0.146 e. The van der Waals surface area contributed by atoms with Gasteiger partial charge in [-0.1, -0.05) is 27.5 Å². The fraction of sp³-hybridized carbons (Fsp3) is 0.400. The lowest BCUT2D eigenvalue weighted by Gasteiger charge is -2.16. The van der Waals surface area contributed by atoms with Gasteiger partial charge in [-0.2, -0.15) is 0 Å². The molecule has 2 N–H and O–H groups in total. The molecule has 0 radical (unpaired) electrons. The first kappa shape index (κ1) is 10.4. The van der Waals surface area contributed by atoms with Crippen molar-refractivity contribution >= 4 is 27.5 Å². The summed E-state index contributed by atoms with van der Waals surface area (Å²) in [7, 11) is 0. The van der Waals surface area contributed by atoms with E-state index in [4.69, 9.17) is 17.3 Å². The van der Waals surface area contributed by atoms with Gasteiger partial charge in [0.25, 0.3) is 0 Å². The first-order valence-electron chi connectivity index (χ1n) is 4.45. The summed E-state index contributed by atoms with van der Waals surface area (Å²) in [4.78, 5) is 0. The Labute approximate surface area is 95.6 Å². The molecule has 0 atom stereocenters. The number of hydrogen-bond acceptors (Lipinski definition) is 1. The molecule has 0 aliphatic heterocycles. The van der Waals surface area contributed by atoms with Gasteiger partial charge in [-0.15, -0.1) is 0 Å². The maximum atomic E-state index is 13.8. The van der Waals surface area contributed by atoms with E-state index in [0.717, 1.165) is 17.3 Å². The lowest BCUT2D eigenvalue weighted by molar-refractivity contribution is 0.571. The molecule has 0 aromatic heterocycles. The molecule has 1 fully saturated rings. The SMILES string of the molecule is NCC1(c2c(Br)ccc(Cl)c2F)CC1. The van der Waals surface area contributed by atoms with Crippen LogP contribution in [0.4, 0.5) is 4.39 Å². The summed E-state index contributed by atoms with van der Waals surface area (Å²) in [6.45, 7) is 0.475. The highest BCUT2D eigenvalue weighted by Gasteiger charge is 2.46. The lowest BCUT2D eigenvalue weighted by atomic mass is 9.96. The Balaban J connectivity index is 2.57. The number of nitrogens with two attached hydrogens (primary N) is 1. The van der Waals surface area contributed by atoms with Crippen LogP contribution in [0, 0.1) is 5.82 Å². The van der Waals surface area contributed by atoms with Gasteiger partial charge in [0, 0.05) is 22.0 Å². The Hall–Kier alpha value is -0.120. The third-order valence-electron chi connectivity index (χ3n) is 2.82. The van der Waals surface area contributed by atoms with E-state index in [1.807, 2.05) is 0 Å². The minimum absolute atomic E-state index is 0.169. The molecule has 2 rings (SSSR count). The monoisotopic (exact) mass is 277 g/mol. The molecular formula is C10H10BrClFN. The number of halogens is 3. The molecule has 0 unspecified atom stereocenters. The van der Waals surface area contributed by atoms with Crippen LogP contribution in [0.5, 0.6) is 0 Å². The van der Waals surface area contributed by atoms with Crippen LogP contribution in [0.25, 0.3) is 0 Å². The average molecular weight is 279 g/mol. The average Bonchev–Trinajstić information content (AvgIpc) is 2.93. The zero-order valence-electron chi connectivity index (χ0n) is 7.49. The number of rotatable bonds is 2. The van der Waals surface area contributed by atoms with Crippen LogP contribution >= 0.6 is 27.5 Å². The predicted octanol–water partition coefficient (Wildman–Crippen LogP) is 3.23. The Morgan fingerprint density at radius 2 is 2.14 bits per heavy atom. The minimum atomic E-state index is -0.330. The normalized spacial score (nSPS) is 18.3. The van der Waals surface area contributed by atoms with Gasteiger partial charge in [0.2, 0.25) is 0 Å². The molecule has 1 aromatic rings. The van der Waals surface area contributed by atoms with Gasteiger partial charge < -0.3 is 5.73 Å². The Kier molecular flexibility index (Phi) is 2.58. The highest BCUT2D eigenvalue weighted by atomic mass is 79.9. The molecule has 1 aliphatic rings. The van der Waals surface area contributed by atoms with Crippen molar-refractivity contribution < 1.29 is 4.39 Å². The smallest absolute Gasteiger partial charge is 0.146 e. The molecule has 0 saturated heterocycles. The second-order valence-electron chi connectivity index (χ2n) is 3.70.